The number of carbonyl (C=O) groups is 2. The minimum atomic E-state index is -0.264. The molecule has 0 bridgehead atoms. The smallest absolute Gasteiger partial charge is 0.239 e. The molecule has 2 atom stereocenters. The molecule has 6 nitrogen and oxygen atoms in total. The first-order valence-electron chi connectivity index (χ1n) is 8.77. The summed E-state index contributed by atoms with van der Waals surface area (Å²) in [6.07, 6.45) is 5.37. The van der Waals surface area contributed by atoms with Crippen molar-refractivity contribution in [2.75, 3.05) is 12.8 Å². The molecule has 1 aliphatic rings. The summed E-state index contributed by atoms with van der Waals surface area (Å²) in [5.41, 5.74) is 2.61. The number of amides is 1. The van der Waals surface area contributed by atoms with E-state index in [2.05, 4.69) is 15.6 Å². The summed E-state index contributed by atoms with van der Waals surface area (Å²) in [6.45, 7) is 0.190. The molecule has 0 radical (unpaired) electrons. The second-order valence-electron chi connectivity index (χ2n) is 6.44. The highest BCUT2D eigenvalue weighted by Crippen LogP contribution is 2.34. The topological polar surface area (TPSA) is 76.0 Å². The average molecular weight is 380 g/mol. The molecular weight excluding hydrogens is 360 g/mol. The number of para-hydroxylation sites is 1. The van der Waals surface area contributed by atoms with Crippen molar-refractivity contribution in [1.82, 2.24) is 20.2 Å². The van der Waals surface area contributed by atoms with Gasteiger partial charge in [-0.05, 0) is 17.7 Å². The zero-order valence-electron chi connectivity index (χ0n) is 14.9. The van der Waals surface area contributed by atoms with Crippen LogP contribution in [0, 0.1) is 0 Å². The Balaban J connectivity index is 1.61. The lowest BCUT2D eigenvalue weighted by atomic mass is 10.0. The van der Waals surface area contributed by atoms with Crippen molar-refractivity contribution < 1.29 is 9.59 Å². The third-order valence-electron chi connectivity index (χ3n) is 4.73. The van der Waals surface area contributed by atoms with E-state index in [9.17, 15) is 9.59 Å². The minimum absolute atomic E-state index is 0.0562. The molecule has 138 valence electrons. The maximum absolute atomic E-state index is 13.2. The summed E-state index contributed by atoms with van der Waals surface area (Å²) in [4.78, 5) is 29.2. The average Bonchev–Trinajstić information content (AvgIpc) is 3.34. The van der Waals surface area contributed by atoms with Crippen LogP contribution >= 0.6 is 11.8 Å². The second kappa shape index (κ2) is 7.54. The van der Waals surface area contributed by atoms with Crippen molar-refractivity contribution in [2.24, 2.45) is 0 Å². The van der Waals surface area contributed by atoms with Crippen LogP contribution in [0.4, 0.5) is 0 Å². The Bertz CT molecular complexity index is 986. The SMILES string of the molecule is CNC(=O)Cn1cc(C(=O)[C@@H]2CSC(c3cccnc3)N2)c2ccccc21. The van der Waals surface area contributed by atoms with Gasteiger partial charge in [-0.2, -0.15) is 0 Å². The van der Waals surface area contributed by atoms with Gasteiger partial charge in [-0.25, -0.2) is 0 Å². The van der Waals surface area contributed by atoms with Crippen LogP contribution in [0.2, 0.25) is 0 Å². The fourth-order valence-electron chi connectivity index (χ4n) is 3.34. The first kappa shape index (κ1) is 17.8. The van der Waals surface area contributed by atoms with Crippen molar-refractivity contribution in [2.45, 2.75) is 18.0 Å². The van der Waals surface area contributed by atoms with Gasteiger partial charge in [0.05, 0.1) is 11.4 Å². The van der Waals surface area contributed by atoms with E-state index >= 15 is 0 Å². The van der Waals surface area contributed by atoms with Crippen molar-refractivity contribution in [1.29, 1.82) is 0 Å². The summed E-state index contributed by atoms with van der Waals surface area (Å²) < 4.78 is 1.84. The van der Waals surface area contributed by atoms with Gasteiger partial charge in [0.15, 0.2) is 5.78 Å². The predicted octanol–water partition coefficient (Wildman–Crippen LogP) is 2.37. The van der Waals surface area contributed by atoms with Gasteiger partial charge in [0, 0.05) is 47.9 Å². The molecule has 0 saturated carbocycles. The number of ketones is 1. The number of thioether (sulfide) groups is 1. The summed E-state index contributed by atoms with van der Waals surface area (Å²) in [6, 6.07) is 11.4. The standard InChI is InChI=1S/C20H20N4O2S/c1-21-18(25)11-24-10-15(14-6-2-3-7-17(14)24)19(26)16-12-27-20(23-16)13-5-4-8-22-9-13/h2-10,16,20,23H,11-12H2,1H3,(H,21,25)/t16-,20?/m0/s1. The van der Waals surface area contributed by atoms with E-state index in [1.165, 1.54) is 0 Å². The summed E-state index contributed by atoms with van der Waals surface area (Å²) >= 11 is 1.71. The fourth-order valence-corrected chi connectivity index (χ4v) is 4.57. The van der Waals surface area contributed by atoms with Crippen LogP contribution in [0.15, 0.2) is 55.0 Å². The van der Waals surface area contributed by atoms with E-state index in [0.29, 0.717) is 11.3 Å². The van der Waals surface area contributed by atoms with E-state index in [4.69, 9.17) is 0 Å². The van der Waals surface area contributed by atoms with E-state index in [0.717, 1.165) is 16.5 Å². The van der Waals surface area contributed by atoms with Crippen molar-refractivity contribution in [3.05, 3.63) is 66.1 Å². The maximum Gasteiger partial charge on any atom is 0.239 e. The first-order chi connectivity index (χ1) is 13.2. The van der Waals surface area contributed by atoms with Crippen molar-refractivity contribution in [3.8, 4) is 0 Å². The normalized spacial score (nSPS) is 19.3. The molecule has 1 aromatic carbocycles. The Kier molecular flexibility index (Phi) is 4.96. The zero-order chi connectivity index (χ0) is 18.8. The number of likely N-dealkylation sites (N-methyl/N-ethyl adjacent to an activating group) is 1. The number of aromatic nitrogens is 2. The molecule has 7 heteroatoms. The Morgan fingerprint density at radius 3 is 2.93 bits per heavy atom. The highest BCUT2D eigenvalue weighted by Gasteiger charge is 2.32. The largest absolute Gasteiger partial charge is 0.358 e. The van der Waals surface area contributed by atoms with E-state index in [1.54, 1.807) is 31.2 Å². The number of rotatable bonds is 5. The molecule has 1 aliphatic heterocycles. The second-order valence-corrected chi connectivity index (χ2v) is 7.58. The molecule has 1 unspecified atom stereocenters. The molecule has 0 spiro atoms. The van der Waals surface area contributed by atoms with Gasteiger partial charge >= 0.3 is 0 Å². The van der Waals surface area contributed by atoms with Crippen LogP contribution in [-0.4, -0.2) is 40.1 Å². The molecule has 3 heterocycles. The Labute approximate surface area is 161 Å². The molecule has 1 saturated heterocycles. The van der Waals surface area contributed by atoms with Crippen LogP contribution in [0.1, 0.15) is 21.3 Å². The molecule has 3 aromatic rings. The summed E-state index contributed by atoms with van der Waals surface area (Å²) in [7, 11) is 1.61. The lowest BCUT2D eigenvalue weighted by Gasteiger charge is -2.12. The van der Waals surface area contributed by atoms with Crippen LogP contribution < -0.4 is 10.6 Å². The maximum atomic E-state index is 13.2. The van der Waals surface area contributed by atoms with Gasteiger partial charge in [-0.3, -0.25) is 19.9 Å². The van der Waals surface area contributed by atoms with Gasteiger partial charge in [-0.15, -0.1) is 11.8 Å². The molecular formula is C20H20N4O2S. The highest BCUT2D eigenvalue weighted by atomic mass is 32.2. The van der Waals surface area contributed by atoms with Gasteiger partial charge in [0.1, 0.15) is 6.54 Å². The third kappa shape index (κ3) is 3.48. The van der Waals surface area contributed by atoms with Crippen molar-refractivity contribution >= 4 is 34.4 Å². The van der Waals surface area contributed by atoms with E-state index in [-0.39, 0.29) is 29.7 Å². The van der Waals surface area contributed by atoms with E-state index < -0.39 is 0 Å². The molecule has 1 amide bonds. The van der Waals surface area contributed by atoms with Crippen molar-refractivity contribution in [3.63, 3.8) is 0 Å². The lowest BCUT2D eigenvalue weighted by molar-refractivity contribution is -0.121. The number of fused-ring (bicyclic) bond motifs is 1. The molecule has 1 fully saturated rings. The molecule has 0 aliphatic carbocycles. The number of nitrogens with zero attached hydrogens (tertiary/aromatic N) is 2. The van der Waals surface area contributed by atoms with Crippen LogP contribution in [0.5, 0.6) is 0 Å². The van der Waals surface area contributed by atoms with Gasteiger partial charge < -0.3 is 9.88 Å². The number of nitrogens with one attached hydrogen (secondary N) is 2. The molecule has 27 heavy (non-hydrogen) atoms. The lowest BCUT2D eigenvalue weighted by Crippen LogP contribution is -2.34. The third-order valence-corrected chi connectivity index (χ3v) is 6.00. The number of pyridine rings is 1. The zero-order valence-corrected chi connectivity index (χ0v) is 15.7. The minimum Gasteiger partial charge on any atom is -0.358 e. The molecule has 2 N–H and O–H groups in total. The van der Waals surface area contributed by atoms with Gasteiger partial charge in [-0.1, -0.05) is 24.3 Å². The summed E-state index contributed by atoms with van der Waals surface area (Å²) in [5, 5.41) is 6.99. The Morgan fingerprint density at radius 2 is 2.15 bits per heavy atom. The number of hydrogen-bond donors (Lipinski definition) is 2. The van der Waals surface area contributed by atoms with E-state index in [1.807, 2.05) is 47.2 Å². The molecule has 2 aromatic heterocycles. The van der Waals surface area contributed by atoms with Crippen LogP contribution in [0.25, 0.3) is 10.9 Å². The number of hydrogen-bond acceptors (Lipinski definition) is 5. The quantitative estimate of drug-likeness (QED) is 0.665. The highest BCUT2D eigenvalue weighted by molar-refractivity contribution is 7.99. The fraction of sp³-hybridized carbons (Fsp3) is 0.250. The van der Waals surface area contributed by atoms with Gasteiger partial charge in [0.25, 0.3) is 0 Å². The number of carbonyl (C=O) groups excluding carboxylic acids is 2. The number of benzene rings is 1. The van der Waals surface area contributed by atoms with Crippen LogP contribution in [0.3, 0.4) is 0 Å². The Hall–Kier alpha value is -2.64. The molecule has 4 rings (SSSR count). The first-order valence-corrected chi connectivity index (χ1v) is 9.82. The predicted molar refractivity (Wildman–Crippen MR) is 107 cm³/mol. The Morgan fingerprint density at radius 1 is 1.30 bits per heavy atom. The summed E-state index contributed by atoms with van der Waals surface area (Å²) in [5.74, 6) is 0.662. The number of Topliss-reactive ketones (excluding diaryl/α,β-unsaturated/α-hetero) is 1. The van der Waals surface area contributed by atoms with Gasteiger partial charge in [0.2, 0.25) is 5.91 Å². The van der Waals surface area contributed by atoms with Crippen LogP contribution in [-0.2, 0) is 11.3 Å². The monoisotopic (exact) mass is 380 g/mol.